The van der Waals surface area contributed by atoms with Crippen molar-refractivity contribution in [3.05, 3.63) is 83.4 Å². The molecule has 1 aliphatic carbocycles. The van der Waals surface area contributed by atoms with Crippen LogP contribution in [0.1, 0.15) is 65.7 Å². The molecule has 0 spiro atoms. The Hall–Kier alpha value is -4.14. The number of aromatic nitrogens is 2. The number of benzene rings is 2. The van der Waals surface area contributed by atoms with Crippen molar-refractivity contribution in [2.75, 3.05) is 0 Å². The van der Waals surface area contributed by atoms with Crippen LogP contribution in [0.25, 0.3) is 0 Å². The van der Waals surface area contributed by atoms with Gasteiger partial charge in [0, 0.05) is 19.1 Å². The highest BCUT2D eigenvalue weighted by Crippen LogP contribution is 2.38. The van der Waals surface area contributed by atoms with Crippen molar-refractivity contribution in [2.24, 2.45) is 0 Å². The summed E-state index contributed by atoms with van der Waals surface area (Å²) in [6.07, 6.45) is 3.23. The van der Waals surface area contributed by atoms with E-state index in [0.29, 0.717) is 6.54 Å². The molecule has 2 aromatic carbocycles. The molecule has 0 radical (unpaired) electrons. The zero-order chi connectivity index (χ0) is 26.9. The van der Waals surface area contributed by atoms with Crippen molar-refractivity contribution >= 4 is 17.7 Å². The van der Waals surface area contributed by atoms with E-state index in [-0.39, 0.29) is 48.4 Å². The lowest BCUT2D eigenvalue weighted by Crippen LogP contribution is -2.64. The minimum Gasteiger partial charge on any atom is -0.491 e. The predicted molar refractivity (Wildman–Crippen MR) is 141 cm³/mol. The van der Waals surface area contributed by atoms with Crippen LogP contribution in [0.3, 0.4) is 0 Å². The van der Waals surface area contributed by atoms with Gasteiger partial charge in [-0.05, 0) is 56.9 Å². The Morgan fingerprint density at radius 3 is 2.34 bits per heavy atom. The van der Waals surface area contributed by atoms with E-state index in [1.165, 1.54) is 6.33 Å². The van der Waals surface area contributed by atoms with Gasteiger partial charge in [0.05, 0.1) is 19.0 Å². The molecule has 1 aromatic heterocycles. The number of nitrogens with one attached hydrogen (secondary N) is 2. The van der Waals surface area contributed by atoms with Crippen molar-refractivity contribution in [3.63, 3.8) is 0 Å². The van der Waals surface area contributed by atoms with Crippen LogP contribution in [-0.4, -0.2) is 49.9 Å². The van der Waals surface area contributed by atoms with Crippen LogP contribution >= 0.6 is 0 Å². The van der Waals surface area contributed by atoms with E-state index in [1.807, 2.05) is 68.4 Å². The van der Waals surface area contributed by atoms with E-state index >= 15 is 0 Å². The lowest BCUT2D eigenvalue weighted by Gasteiger charge is -2.44. The molecule has 198 valence electrons. The molecule has 2 aliphatic rings. The predicted octanol–water partition coefficient (Wildman–Crippen LogP) is 3.29. The van der Waals surface area contributed by atoms with Crippen molar-refractivity contribution in [1.29, 1.82) is 0 Å². The van der Waals surface area contributed by atoms with Gasteiger partial charge in [0.25, 0.3) is 11.8 Å². The Bertz CT molecular complexity index is 1330. The van der Waals surface area contributed by atoms with Gasteiger partial charge in [-0.25, -0.2) is 4.98 Å². The Morgan fingerprint density at radius 2 is 1.68 bits per heavy atom. The van der Waals surface area contributed by atoms with Crippen LogP contribution in [0.5, 0.6) is 5.75 Å². The van der Waals surface area contributed by atoms with Gasteiger partial charge < -0.3 is 24.8 Å². The van der Waals surface area contributed by atoms with Crippen LogP contribution in [0.15, 0.2) is 60.9 Å². The summed E-state index contributed by atoms with van der Waals surface area (Å²) < 4.78 is 7.30. The van der Waals surface area contributed by atoms with Crippen LogP contribution < -0.4 is 15.4 Å². The third-order valence-electron chi connectivity index (χ3n) is 6.93. The molecule has 1 fully saturated rings. The molecule has 1 aliphatic heterocycles. The number of hydrogen-bond acceptors (Lipinski definition) is 5. The lowest BCUT2D eigenvalue weighted by atomic mass is 9.93. The number of amides is 3. The largest absolute Gasteiger partial charge is 0.491 e. The molecule has 9 heteroatoms. The fourth-order valence-electron chi connectivity index (χ4n) is 4.91. The van der Waals surface area contributed by atoms with Gasteiger partial charge in [0.2, 0.25) is 5.91 Å². The van der Waals surface area contributed by atoms with Crippen molar-refractivity contribution in [2.45, 2.75) is 70.9 Å². The average Bonchev–Trinajstić information content (AvgIpc) is 3.64. The summed E-state index contributed by atoms with van der Waals surface area (Å²) >= 11 is 0. The third kappa shape index (κ3) is 5.14. The highest BCUT2D eigenvalue weighted by molar-refractivity contribution is 6.07. The Kier molecular flexibility index (Phi) is 6.93. The van der Waals surface area contributed by atoms with Crippen molar-refractivity contribution in [1.82, 2.24) is 25.1 Å². The van der Waals surface area contributed by atoms with Crippen LogP contribution in [0, 0.1) is 0 Å². The first-order chi connectivity index (χ1) is 18.3. The topological polar surface area (TPSA) is 106 Å². The van der Waals surface area contributed by atoms with Gasteiger partial charge >= 0.3 is 0 Å². The zero-order valence-electron chi connectivity index (χ0n) is 21.9. The highest BCUT2D eigenvalue weighted by atomic mass is 16.5. The summed E-state index contributed by atoms with van der Waals surface area (Å²) in [4.78, 5) is 46.3. The molecule has 0 bridgehead atoms. The number of fused-ring (bicyclic) bond motifs is 1. The average molecular weight is 516 g/mol. The summed E-state index contributed by atoms with van der Waals surface area (Å²) in [5.74, 6) is -0.229. The van der Waals surface area contributed by atoms with Gasteiger partial charge in [0.15, 0.2) is 5.69 Å². The minimum atomic E-state index is -1.09. The van der Waals surface area contributed by atoms with E-state index in [1.54, 1.807) is 16.4 Å². The second-order valence-corrected chi connectivity index (χ2v) is 10.4. The number of carbonyl (C=O) groups is 3. The van der Waals surface area contributed by atoms with Crippen LogP contribution in [-0.2, 0) is 24.4 Å². The second-order valence-electron chi connectivity index (χ2n) is 10.4. The Morgan fingerprint density at radius 1 is 1.03 bits per heavy atom. The van der Waals surface area contributed by atoms with Crippen LogP contribution in [0.4, 0.5) is 0 Å². The summed E-state index contributed by atoms with van der Waals surface area (Å²) in [6.45, 7) is 6.60. The lowest BCUT2D eigenvalue weighted by molar-refractivity contribution is -0.133. The van der Waals surface area contributed by atoms with E-state index in [2.05, 4.69) is 15.6 Å². The summed E-state index contributed by atoms with van der Waals surface area (Å²) in [5.41, 5.74) is 1.09. The number of hydrogen-bond donors (Lipinski definition) is 2. The van der Waals surface area contributed by atoms with Gasteiger partial charge in [-0.3, -0.25) is 14.4 Å². The number of nitrogens with zero attached hydrogens (tertiary/aromatic N) is 3. The zero-order valence-corrected chi connectivity index (χ0v) is 21.9. The molecule has 1 saturated carbocycles. The minimum absolute atomic E-state index is 0.0268. The van der Waals surface area contributed by atoms with Gasteiger partial charge in [0.1, 0.15) is 17.0 Å². The standard InChI is InChI=1S/C29H33N5O4/c1-19(2)38-23-13-9-21(10-14-23)15-30-26(35)24-25-27(36)34(22-11-12-22)29(3,17-33(25)18-32-24)28(37)31-16-20-7-5-4-6-8-20/h4-10,13-14,18-19,22H,11-12,15-17H2,1-3H3,(H,30,35)(H,31,37)/t29-/m1/s1. The molecule has 2 N–H and O–H groups in total. The second kappa shape index (κ2) is 10.3. The third-order valence-corrected chi connectivity index (χ3v) is 6.93. The van der Waals surface area contributed by atoms with E-state index in [0.717, 1.165) is 29.7 Å². The summed E-state index contributed by atoms with van der Waals surface area (Å²) in [5, 5.41) is 5.87. The maximum Gasteiger partial charge on any atom is 0.274 e. The first-order valence-electron chi connectivity index (χ1n) is 13.0. The molecule has 0 saturated heterocycles. The number of carbonyl (C=O) groups excluding carboxylic acids is 3. The van der Waals surface area contributed by atoms with Gasteiger partial charge in [-0.15, -0.1) is 0 Å². The molecule has 9 nitrogen and oxygen atoms in total. The van der Waals surface area contributed by atoms with Gasteiger partial charge in [-0.2, -0.15) is 0 Å². The SMILES string of the molecule is CC(C)Oc1ccc(CNC(=O)c2ncn3c2C(=O)N(C2CC2)[C@@](C)(C(=O)NCc2ccccc2)C3)cc1. The molecule has 3 amide bonds. The number of rotatable bonds is 9. The van der Waals surface area contributed by atoms with Crippen molar-refractivity contribution < 1.29 is 19.1 Å². The molecular formula is C29H33N5O4. The van der Waals surface area contributed by atoms with E-state index in [4.69, 9.17) is 4.74 Å². The molecule has 1 atom stereocenters. The molecular weight excluding hydrogens is 482 g/mol. The molecule has 3 aromatic rings. The summed E-state index contributed by atoms with van der Waals surface area (Å²) in [6, 6.07) is 17.1. The molecule has 5 rings (SSSR count). The Labute approximate surface area is 222 Å². The maximum atomic E-state index is 13.8. The molecule has 2 heterocycles. The first kappa shape index (κ1) is 25.5. The fourth-order valence-corrected chi connectivity index (χ4v) is 4.91. The molecule has 0 unspecified atom stereocenters. The Balaban J connectivity index is 1.31. The first-order valence-corrected chi connectivity index (χ1v) is 13.0. The summed E-state index contributed by atoms with van der Waals surface area (Å²) in [7, 11) is 0. The quantitative estimate of drug-likeness (QED) is 0.455. The smallest absolute Gasteiger partial charge is 0.274 e. The highest BCUT2D eigenvalue weighted by Gasteiger charge is 2.53. The number of ether oxygens (including phenoxy) is 1. The monoisotopic (exact) mass is 515 g/mol. The van der Waals surface area contributed by atoms with E-state index < -0.39 is 11.4 Å². The normalized spacial score (nSPS) is 18.7. The fraction of sp³-hybridized carbons (Fsp3) is 0.379. The van der Waals surface area contributed by atoms with E-state index in [9.17, 15) is 14.4 Å². The number of imidazole rings is 1. The maximum absolute atomic E-state index is 13.8. The van der Waals surface area contributed by atoms with Gasteiger partial charge in [-0.1, -0.05) is 42.5 Å². The van der Waals surface area contributed by atoms with Crippen molar-refractivity contribution in [3.8, 4) is 5.75 Å². The molecule has 38 heavy (non-hydrogen) atoms. The van der Waals surface area contributed by atoms with Crippen LogP contribution in [0.2, 0.25) is 0 Å².